The van der Waals surface area contributed by atoms with Gasteiger partial charge in [-0.2, -0.15) is 0 Å². The van der Waals surface area contributed by atoms with E-state index in [2.05, 4.69) is 15.9 Å². The number of nitro benzene ring substituents is 1. The molecule has 1 N–H and O–H groups in total. The Bertz CT molecular complexity index is 663. The fourth-order valence-electron chi connectivity index (χ4n) is 1.59. The summed E-state index contributed by atoms with van der Waals surface area (Å²) >= 11 is 9.06. The average molecular weight is 359 g/mol. The maximum absolute atomic E-state index is 10.8. The van der Waals surface area contributed by atoms with E-state index in [-0.39, 0.29) is 18.0 Å². The molecule has 0 amide bonds. The Morgan fingerprint density at radius 1 is 1.30 bits per heavy atom. The van der Waals surface area contributed by atoms with Crippen molar-refractivity contribution in [2.24, 2.45) is 0 Å². The lowest BCUT2D eigenvalue weighted by atomic mass is 10.2. The summed E-state index contributed by atoms with van der Waals surface area (Å²) < 4.78 is 6.10. The highest BCUT2D eigenvalue weighted by atomic mass is 79.9. The van der Waals surface area contributed by atoms with Gasteiger partial charge in [-0.3, -0.25) is 10.1 Å². The molecule has 0 aliphatic rings. The van der Waals surface area contributed by atoms with Crippen molar-refractivity contribution in [3.05, 3.63) is 61.6 Å². The first kappa shape index (κ1) is 14.8. The zero-order chi connectivity index (χ0) is 14.7. The molecule has 0 bridgehead atoms. The third-order valence-corrected chi connectivity index (χ3v) is 3.19. The van der Waals surface area contributed by atoms with Gasteiger partial charge in [-0.1, -0.05) is 33.6 Å². The minimum Gasteiger partial charge on any atom is -0.457 e. The topological polar surface area (TPSA) is 72.6 Å². The minimum absolute atomic E-state index is 0.0954. The Morgan fingerprint density at radius 2 is 2.05 bits per heavy atom. The van der Waals surface area contributed by atoms with Crippen LogP contribution in [0.25, 0.3) is 0 Å². The summed E-state index contributed by atoms with van der Waals surface area (Å²) in [7, 11) is 0. The van der Waals surface area contributed by atoms with Gasteiger partial charge in [0.05, 0.1) is 17.6 Å². The van der Waals surface area contributed by atoms with Crippen molar-refractivity contribution in [1.29, 1.82) is 0 Å². The van der Waals surface area contributed by atoms with Crippen molar-refractivity contribution in [3.63, 3.8) is 0 Å². The molecular weight excluding hydrogens is 350 g/mol. The largest absolute Gasteiger partial charge is 0.457 e. The quantitative estimate of drug-likeness (QED) is 0.653. The van der Waals surface area contributed by atoms with Crippen LogP contribution in [0.5, 0.6) is 11.5 Å². The van der Waals surface area contributed by atoms with E-state index in [4.69, 9.17) is 16.3 Å². The van der Waals surface area contributed by atoms with Crippen molar-refractivity contribution in [3.8, 4) is 11.5 Å². The fraction of sp³-hybridized carbons (Fsp3) is 0.0769. The first-order chi connectivity index (χ1) is 9.49. The van der Waals surface area contributed by atoms with Gasteiger partial charge in [0.15, 0.2) is 0 Å². The van der Waals surface area contributed by atoms with Crippen LogP contribution in [0.3, 0.4) is 0 Å². The summed E-state index contributed by atoms with van der Waals surface area (Å²) in [6, 6.07) is 9.06. The zero-order valence-electron chi connectivity index (χ0n) is 10.0. The molecule has 2 aromatic carbocycles. The molecule has 0 atom stereocenters. The molecule has 20 heavy (non-hydrogen) atoms. The number of hydrogen-bond donors (Lipinski definition) is 1. The molecule has 104 valence electrons. The molecule has 0 spiro atoms. The third kappa shape index (κ3) is 3.47. The van der Waals surface area contributed by atoms with Gasteiger partial charge in [-0.05, 0) is 18.2 Å². The Kier molecular flexibility index (Phi) is 4.59. The summed E-state index contributed by atoms with van der Waals surface area (Å²) in [6.45, 7) is -0.220. The SMILES string of the molecule is O=[N+]([O-])c1cc(Br)cc(Oc2cc(Cl)ccc2CO)c1. The molecule has 0 saturated carbocycles. The van der Waals surface area contributed by atoms with Crippen LogP contribution in [0.1, 0.15) is 5.56 Å². The molecule has 0 aromatic heterocycles. The van der Waals surface area contributed by atoms with Crippen LogP contribution in [0.15, 0.2) is 40.9 Å². The first-order valence-electron chi connectivity index (χ1n) is 5.51. The van der Waals surface area contributed by atoms with Gasteiger partial charge in [0, 0.05) is 21.1 Å². The second kappa shape index (κ2) is 6.21. The van der Waals surface area contributed by atoms with Gasteiger partial charge in [-0.25, -0.2) is 0 Å². The van der Waals surface area contributed by atoms with E-state index in [1.165, 1.54) is 12.1 Å². The van der Waals surface area contributed by atoms with Crippen molar-refractivity contribution in [2.45, 2.75) is 6.61 Å². The molecular formula is C13H9BrClNO4. The third-order valence-electron chi connectivity index (χ3n) is 2.49. The van der Waals surface area contributed by atoms with E-state index >= 15 is 0 Å². The number of non-ortho nitro benzene ring substituents is 1. The van der Waals surface area contributed by atoms with Gasteiger partial charge < -0.3 is 9.84 Å². The molecule has 5 nitrogen and oxygen atoms in total. The van der Waals surface area contributed by atoms with E-state index in [1.54, 1.807) is 24.3 Å². The van der Waals surface area contributed by atoms with Crippen molar-refractivity contribution in [2.75, 3.05) is 0 Å². The van der Waals surface area contributed by atoms with Crippen LogP contribution < -0.4 is 4.74 Å². The summed E-state index contributed by atoms with van der Waals surface area (Å²) in [6.07, 6.45) is 0. The van der Waals surface area contributed by atoms with Crippen LogP contribution in [0.2, 0.25) is 5.02 Å². The Labute approximate surface area is 128 Å². The molecule has 2 rings (SSSR count). The number of halogens is 2. The average Bonchev–Trinajstić information content (AvgIpc) is 2.38. The first-order valence-corrected chi connectivity index (χ1v) is 6.69. The maximum atomic E-state index is 10.8. The van der Waals surface area contributed by atoms with E-state index in [0.717, 1.165) is 0 Å². The number of benzene rings is 2. The highest BCUT2D eigenvalue weighted by Gasteiger charge is 2.12. The molecule has 0 heterocycles. The van der Waals surface area contributed by atoms with Crippen LogP contribution in [0, 0.1) is 10.1 Å². The van der Waals surface area contributed by atoms with E-state index < -0.39 is 4.92 Å². The molecule has 0 unspecified atom stereocenters. The summed E-state index contributed by atoms with van der Waals surface area (Å²) in [5.74, 6) is 0.635. The number of rotatable bonds is 4. The number of hydrogen-bond acceptors (Lipinski definition) is 4. The molecule has 2 aromatic rings. The van der Waals surface area contributed by atoms with Crippen LogP contribution >= 0.6 is 27.5 Å². The highest BCUT2D eigenvalue weighted by Crippen LogP contribution is 2.32. The van der Waals surface area contributed by atoms with Crippen molar-refractivity contribution >= 4 is 33.2 Å². The minimum atomic E-state index is -0.511. The van der Waals surface area contributed by atoms with E-state index in [9.17, 15) is 15.2 Å². The number of aliphatic hydroxyl groups excluding tert-OH is 1. The monoisotopic (exact) mass is 357 g/mol. The van der Waals surface area contributed by atoms with E-state index in [1.807, 2.05) is 0 Å². The lowest BCUT2D eigenvalue weighted by Gasteiger charge is -2.10. The lowest BCUT2D eigenvalue weighted by Crippen LogP contribution is -1.93. The normalized spacial score (nSPS) is 10.3. The summed E-state index contributed by atoms with van der Waals surface area (Å²) in [5.41, 5.74) is 0.444. The predicted molar refractivity (Wildman–Crippen MR) is 78.2 cm³/mol. The van der Waals surface area contributed by atoms with Crippen LogP contribution in [-0.2, 0) is 6.61 Å². The van der Waals surface area contributed by atoms with Crippen LogP contribution in [-0.4, -0.2) is 10.0 Å². The molecule has 0 saturated heterocycles. The fourth-order valence-corrected chi connectivity index (χ4v) is 2.22. The van der Waals surface area contributed by atoms with Gasteiger partial charge in [-0.15, -0.1) is 0 Å². The number of nitrogens with zero attached hydrogens (tertiary/aromatic N) is 1. The number of ether oxygens (including phenoxy) is 1. The Hall–Kier alpha value is -1.63. The molecule has 0 aliphatic carbocycles. The van der Waals surface area contributed by atoms with Crippen molar-refractivity contribution < 1.29 is 14.8 Å². The summed E-state index contributed by atoms with van der Waals surface area (Å²) in [4.78, 5) is 10.3. The van der Waals surface area contributed by atoms with Gasteiger partial charge in [0.2, 0.25) is 0 Å². The van der Waals surface area contributed by atoms with Gasteiger partial charge in [0.1, 0.15) is 11.5 Å². The van der Waals surface area contributed by atoms with Crippen molar-refractivity contribution in [1.82, 2.24) is 0 Å². The van der Waals surface area contributed by atoms with E-state index in [0.29, 0.717) is 20.8 Å². The van der Waals surface area contributed by atoms with Gasteiger partial charge in [0.25, 0.3) is 5.69 Å². The molecule has 0 fully saturated rings. The van der Waals surface area contributed by atoms with Crippen LogP contribution in [0.4, 0.5) is 5.69 Å². The second-order valence-corrected chi connectivity index (χ2v) is 5.27. The number of aliphatic hydroxyl groups is 1. The number of nitro groups is 1. The molecule has 0 aliphatic heterocycles. The standard InChI is InChI=1S/C13H9BrClNO4/c14-9-3-11(16(18)19)6-12(4-9)20-13-5-10(15)2-1-8(13)7-17/h1-6,17H,7H2. The predicted octanol–water partition coefficient (Wildman–Crippen LogP) is 4.30. The second-order valence-electron chi connectivity index (χ2n) is 3.91. The molecule has 7 heteroatoms. The lowest BCUT2D eigenvalue weighted by molar-refractivity contribution is -0.385. The Balaban J connectivity index is 2.39. The zero-order valence-corrected chi connectivity index (χ0v) is 12.4. The highest BCUT2D eigenvalue weighted by molar-refractivity contribution is 9.10. The molecule has 0 radical (unpaired) electrons. The smallest absolute Gasteiger partial charge is 0.274 e. The summed E-state index contributed by atoms with van der Waals surface area (Å²) in [5, 5.41) is 20.5. The van der Waals surface area contributed by atoms with Gasteiger partial charge >= 0.3 is 0 Å². The maximum Gasteiger partial charge on any atom is 0.274 e. The Morgan fingerprint density at radius 3 is 2.70 bits per heavy atom.